The van der Waals surface area contributed by atoms with E-state index in [1.165, 1.54) is 4.90 Å². The second kappa shape index (κ2) is 12.0. The number of aliphatic imine (C=N–C) groups is 1. The molecule has 176 valence electrons. The molecule has 0 radical (unpaired) electrons. The molecule has 1 saturated heterocycles. The van der Waals surface area contributed by atoms with Crippen molar-refractivity contribution in [2.45, 2.75) is 13.0 Å². The number of nitrogens with one attached hydrogen (secondary N) is 2. The Morgan fingerprint density at radius 2 is 1.82 bits per heavy atom. The van der Waals surface area contributed by atoms with Crippen molar-refractivity contribution in [2.75, 3.05) is 33.3 Å². The van der Waals surface area contributed by atoms with E-state index in [4.69, 9.17) is 33.7 Å². The third-order valence-electron chi connectivity index (χ3n) is 5.19. The number of carbonyl (C=O) groups is 2. The highest BCUT2D eigenvalue weighted by molar-refractivity contribution is 6.42. The zero-order valence-electron chi connectivity index (χ0n) is 18.3. The van der Waals surface area contributed by atoms with Crippen LogP contribution in [0, 0.1) is 5.92 Å². The number of rotatable bonds is 10. The average molecular weight is 492 g/mol. The van der Waals surface area contributed by atoms with Crippen molar-refractivity contribution in [3.63, 3.8) is 0 Å². The smallest absolute Gasteiger partial charge is 0.329 e. The summed E-state index contributed by atoms with van der Waals surface area (Å²) in [6, 6.07) is 12.0. The Labute approximate surface area is 203 Å². The molecule has 1 aliphatic rings. The van der Waals surface area contributed by atoms with Crippen molar-refractivity contribution in [1.82, 2.24) is 15.5 Å². The quantitative estimate of drug-likeness (QED) is 0.442. The van der Waals surface area contributed by atoms with Gasteiger partial charge in [0.25, 0.3) is 0 Å². The Hall–Kier alpha value is -2.65. The van der Waals surface area contributed by atoms with E-state index in [9.17, 15) is 9.59 Å². The molecule has 0 bridgehead atoms. The molecule has 0 aliphatic carbocycles. The largest absolute Gasteiger partial charge is 0.497 e. The third kappa shape index (κ3) is 6.68. The van der Waals surface area contributed by atoms with E-state index in [0.29, 0.717) is 54.0 Å². The number of halogens is 2. The number of benzene rings is 2. The Morgan fingerprint density at radius 3 is 2.48 bits per heavy atom. The number of hydrogen-bond acceptors (Lipinski definition) is 6. The number of carbonyl (C=O) groups excluding carboxylic acids is 2. The first-order valence-corrected chi connectivity index (χ1v) is 11.3. The average Bonchev–Trinajstić information content (AvgIpc) is 2.81. The Bertz CT molecular complexity index is 1010. The highest BCUT2D eigenvalue weighted by Gasteiger charge is 2.38. The number of urea groups is 1. The van der Waals surface area contributed by atoms with Crippen LogP contribution in [0.5, 0.6) is 5.75 Å². The van der Waals surface area contributed by atoms with E-state index in [2.05, 4.69) is 15.6 Å². The van der Waals surface area contributed by atoms with Crippen molar-refractivity contribution in [1.29, 1.82) is 0 Å². The lowest BCUT2D eigenvalue weighted by atomic mass is 9.94. The molecule has 0 aromatic heterocycles. The molecule has 3 amide bonds. The van der Waals surface area contributed by atoms with Gasteiger partial charge in [-0.1, -0.05) is 41.4 Å². The summed E-state index contributed by atoms with van der Waals surface area (Å²) in [5.74, 6) is 0.131. The summed E-state index contributed by atoms with van der Waals surface area (Å²) in [5.41, 5.74) is 7.11. The normalized spacial score (nSPS) is 17.4. The van der Waals surface area contributed by atoms with E-state index in [-0.39, 0.29) is 12.5 Å². The number of methoxy groups -OCH3 is 1. The fourth-order valence-corrected chi connectivity index (χ4v) is 3.77. The van der Waals surface area contributed by atoms with Gasteiger partial charge in [0, 0.05) is 19.6 Å². The number of ether oxygens (including phenoxy) is 1. The van der Waals surface area contributed by atoms with Gasteiger partial charge in [-0.25, -0.2) is 4.79 Å². The van der Waals surface area contributed by atoms with Crippen LogP contribution >= 0.6 is 23.2 Å². The molecule has 1 aliphatic heterocycles. The lowest BCUT2D eigenvalue weighted by Crippen LogP contribution is -2.58. The zero-order chi connectivity index (χ0) is 23.8. The molecule has 2 aromatic rings. The molecule has 2 aromatic carbocycles. The van der Waals surface area contributed by atoms with Gasteiger partial charge < -0.3 is 15.8 Å². The highest BCUT2D eigenvalue weighted by Crippen LogP contribution is 2.25. The lowest BCUT2D eigenvalue weighted by Gasteiger charge is -2.32. The monoisotopic (exact) mass is 491 g/mol. The molecule has 3 rings (SSSR count). The molecular weight excluding hydrogens is 465 g/mol. The number of nitrogens with zero attached hydrogens (tertiary/aromatic N) is 2. The number of nitrogens with two attached hydrogens (primary N) is 1. The molecule has 1 atom stereocenters. The maximum Gasteiger partial charge on any atom is 0.329 e. The van der Waals surface area contributed by atoms with Crippen LogP contribution in [0.25, 0.3) is 0 Å². The Balaban J connectivity index is 1.82. The number of imide groups is 1. The summed E-state index contributed by atoms with van der Waals surface area (Å²) < 4.78 is 5.21. The molecule has 8 nitrogen and oxygen atoms in total. The molecule has 1 unspecified atom stereocenters. The lowest BCUT2D eigenvalue weighted by molar-refractivity contribution is -0.131. The van der Waals surface area contributed by atoms with Crippen LogP contribution in [0.4, 0.5) is 4.79 Å². The van der Waals surface area contributed by atoms with Gasteiger partial charge in [0.15, 0.2) is 0 Å². The van der Waals surface area contributed by atoms with Crippen LogP contribution in [-0.2, 0) is 17.8 Å². The fraction of sp³-hybridized carbons (Fsp3) is 0.348. The number of amidine groups is 1. The maximum atomic E-state index is 13.4. The minimum atomic E-state index is -0.631. The second-order valence-electron chi connectivity index (χ2n) is 7.51. The molecule has 1 fully saturated rings. The molecular formula is C23H27Cl2N5O3. The van der Waals surface area contributed by atoms with Crippen LogP contribution in [-0.4, -0.2) is 56.0 Å². The fourth-order valence-electron chi connectivity index (χ4n) is 3.45. The van der Waals surface area contributed by atoms with E-state index in [1.54, 1.807) is 25.3 Å². The van der Waals surface area contributed by atoms with Crippen LogP contribution in [0.2, 0.25) is 10.0 Å². The predicted octanol–water partition coefficient (Wildman–Crippen LogP) is 2.86. The molecule has 10 heteroatoms. The van der Waals surface area contributed by atoms with E-state index in [1.807, 2.05) is 24.3 Å². The van der Waals surface area contributed by atoms with Crippen LogP contribution in [0.1, 0.15) is 11.1 Å². The van der Waals surface area contributed by atoms with Gasteiger partial charge in [-0.05, 0) is 41.8 Å². The van der Waals surface area contributed by atoms with Crippen molar-refractivity contribution >= 4 is 41.0 Å². The Morgan fingerprint density at radius 1 is 1.09 bits per heavy atom. The van der Waals surface area contributed by atoms with Crippen molar-refractivity contribution in [3.8, 4) is 5.75 Å². The van der Waals surface area contributed by atoms with E-state index in [0.717, 1.165) is 11.3 Å². The van der Waals surface area contributed by atoms with Gasteiger partial charge in [-0.2, -0.15) is 0 Å². The van der Waals surface area contributed by atoms with Gasteiger partial charge >= 0.3 is 6.03 Å². The first-order valence-electron chi connectivity index (χ1n) is 10.6. The molecule has 0 saturated carbocycles. The first kappa shape index (κ1) is 25.0. The maximum absolute atomic E-state index is 13.4. The topological polar surface area (TPSA) is 109 Å². The van der Waals surface area contributed by atoms with E-state index >= 15 is 0 Å². The van der Waals surface area contributed by atoms with Gasteiger partial charge in [0.05, 0.1) is 30.2 Å². The van der Waals surface area contributed by atoms with E-state index < -0.39 is 11.9 Å². The second-order valence-corrected chi connectivity index (χ2v) is 8.33. The predicted molar refractivity (Wildman–Crippen MR) is 130 cm³/mol. The van der Waals surface area contributed by atoms with Crippen molar-refractivity contribution < 1.29 is 14.3 Å². The van der Waals surface area contributed by atoms with Crippen molar-refractivity contribution in [2.24, 2.45) is 16.6 Å². The summed E-state index contributed by atoms with van der Waals surface area (Å²) in [7, 11) is 1.60. The van der Waals surface area contributed by atoms with Gasteiger partial charge in [0.2, 0.25) is 5.91 Å². The molecule has 33 heavy (non-hydrogen) atoms. The van der Waals surface area contributed by atoms with Gasteiger partial charge in [0.1, 0.15) is 17.5 Å². The highest BCUT2D eigenvalue weighted by atomic mass is 35.5. The van der Waals surface area contributed by atoms with Crippen LogP contribution in [0.15, 0.2) is 47.5 Å². The van der Waals surface area contributed by atoms with Gasteiger partial charge in [-0.3, -0.25) is 20.0 Å². The van der Waals surface area contributed by atoms with Crippen LogP contribution < -0.4 is 21.1 Å². The standard InChI is InChI=1S/C23H27Cl2N5O3/c1-33-17-5-2-15(3-6-17)12-18-21(28-11-10-27-9-8-26)29-23(32)30(22(18)31)14-16-4-7-19(24)20(25)13-16/h2-7,13,18,27H,8-12,14,26H2,1H3,(H,28,29,32). The van der Waals surface area contributed by atoms with Crippen LogP contribution in [0.3, 0.4) is 0 Å². The Kier molecular flexibility index (Phi) is 9.08. The van der Waals surface area contributed by atoms with Crippen molar-refractivity contribution in [3.05, 3.63) is 63.6 Å². The molecule has 1 heterocycles. The summed E-state index contributed by atoms with van der Waals surface area (Å²) in [4.78, 5) is 31.9. The molecule has 4 N–H and O–H groups in total. The summed E-state index contributed by atoms with van der Waals surface area (Å²) in [5, 5.41) is 6.72. The minimum absolute atomic E-state index is 0.0754. The SMILES string of the molecule is COc1ccc(CC2C(=O)N(Cc3ccc(Cl)c(Cl)c3)C(=O)NC2=NCCNCCN)cc1. The number of hydrogen-bond donors (Lipinski definition) is 3. The number of amides is 3. The summed E-state index contributed by atoms with van der Waals surface area (Å²) in [6.45, 7) is 2.27. The summed E-state index contributed by atoms with van der Waals surface area (Å²) >= 11 is 12.1. The van der Waals surface area contributed by atoms with Gasteiger partial charge in [-0.15, -0.1) is 0 Å². The third-order valence-corrected chi connectivity index (χ3v) is 5.93. The summed E-state index contributed by atoms with van der Waals surface area (Å²) in [6.07, 6.45) is 0.385. The zero-order valence-corrected chi connectivity index (χ0v) is 19.8. The molecule has 0 spiro atoms. The first-order chi connectivity index (χ1) is 15.9. The minimum Gasteiger partial charge on any atom is -0.497 e.